The second kappa shape index (κ2) is 10.7. The molecule has 1 fully saturated rings. The largest absolute Gasteiger partial charge is 0.492 e. The van der Waals surface area contributed by atoms with E-state index in [-0.39, 0.29) is 5.54 Å². The number of hydroxylamine groups is 1. The molecule has 3 rings (SSSR count). The molecule has 3 heterocycles. The molecule has 0 unspecified atom stereocenters. The Hall–Kier alpha value is -2.21. The van der Waals surface area contributed by atoms with Crippen LogP contribution >= 0.6 is 0 Å². The van der Waals surface area contributed by atoms with E-state index in [2.05, 4.69) is 34.0 Å². The number of halogens is 3. The predicted octanol–water partition coefficient (Wildman–Crippen LogP) is 2.80. The molecule has 1 aliphatic rings. The van der Waals surface area contributed by atoms with Crippen LogP contribution in [0.4, 0.5) is 13.2 Å². The van der Waals surface area contributed by atoms with Gasteiger partial charge in [-0.3, -0.25) is 9.88 Å². The Morgan fingerprint density at radius 3 is 2.50 bits per heavy atom. The normalized spacial score (nSPS) is 15.4. The van der Waals surface area contributed by atoms with Crippen molar-refractivity contribution in [2.45, 2.75) is 32.5 Å². The maximum Gasteiger partial charge on any atom is 0.403 e. The molecule has 1 aliphatic heterocycles. The quantitative estimate of drug-likeness (QED) is 0.601. The van der Waals surface area contributed by atoms with Gasteiger partial charge in [-0.15, -0.1) is 0 Å². The fraction of sp³-hybridized carbons (Fsp3) is 0.579. The Morgan fingerprint density at radius 1 is 1.23 bits per heavy atom. The number of hydrogen-bond acceptors (Lipinski definition) is 8. The lowest BCUT2D eigenvalue weighted by atomic mass is 10.0. The summed E-state index contributed by atoms with van der Waals surface area (Å²) in [4.78, 5) is 11.1. The number of hydrogen-bond donors (Lipinski definition) is 3. The van der Waals surface area contributed by atoms with Crippen LogP contribution in [0.15, 0.2) is 29.1 Å². The first kappa shape index (κ1) is 24.1. The summed E-state index contributed by atoms with van der Waals surface area (Å²) in [5.74, 6) is 2.19. The Morgan fingerprint density at radius 2 is 1.93 bits per heavy atom. The number of oxazole rings is 1. The predicted molar refractivity (Wildman–Crippen MR) is 104 cm³/mol. The summed E-state index contributed by atoms with van der Waals surface area (Å²) in [6.07, 6.45) is 0.931. The molecule has 0 spiro atoms. The fourth-order valence-corrected chi connectivity index (χ4v) is 2.94. The molecule has 0 saturated carbocycles. The first-order chi connectivity index (χ1) is 14.2. The van der Waals surface area contributed by atoms with Gasteiger partial charge in [-0.2, -0.15) is 18.7 Å². The van der Waals surface area contributed by atoms with Crippen LogP contribution in [0.2, 0.25) is 0 Å². The minimum Gasteiger partial charge on any atom is -0.492 e. The van der Waals surface area contributed by atoms with Crippen molar-refractivity contribution in [2.75, 3.05) is 39.3 Å². The maximum absolute atomic E-state index is 10.8. The van der Waals surface area contributed by atoms with Crippen LogP contribution in [-0.2, 0) is 5.54 Å². The highest BCUT2D eigenvalue weighted by atomic mass is 19.4. The molecule has 30 heavy (non-hydrogen) atoms. The second-order valence-corrected chi connectivity index (χ2v) is 7.12. The summed E-state index contributed by atoms with van der Waals surface area (Å²) < 4.78 is 44.1. The van der Waals surface area contributed by atoms with E-state index >= 15 is 0 Å². The number of rotatable bonds is 6. The molecule has 0 aliphatic carbocycles. The molecule has 0 radical (unpaired) electrons. The lowest BCUT2D eigenvalue weighted by Crippen LogP contribution is -2.51. The van der Waals surface area contributed by atoms with Gasteiger partial charge in [-0.05, 0) is 26.8 Å². The Balaban J connectivity index is 0.000000396. The SMILES string of the molecule is CCOc1cncc(-c2cnc(C(C)(C)N3CCNCC3)o2)c1.ONCC(F)(F)F. The van der Waals surface area contributed by atoms with Gasteiger partial charge in [0.2, 0.25) is 5.89 Å². The van der Waals surface area contributed by atoms with Crippen molar-refractivity contribution in [3.63, 3.8) is 0 Å². The molecule has 0 atom stereocenters. The van der Waals surface area contributed by atoms with Crippen molar-refractivity contribution in [1.29, 1.82) is 0 Å². The molecule has 168 valence electrons. The first-order valence-corrected chi connectivity index (χ1v) is 9.61. The number of alkyl halides is 3. The molecule has 2 aromatic heterocycles. The van der Waals surface area contributed by atoms with Crippen molar-refractivity contribution < 1.29 is 27.5 Å². The van der Waals surface area contributed by atoms with E-state index in [0.29, 0.717) is 6.61 Å². The van der Waals surface area contributed by atoms with Gasteiger partial charge in [0.15, 0.2) is 5.76 Å². The fourth-order valence-electron chi connectivity index (χ4n) is 2.94. The van der Waals surface area contributed by atoms with Crippen LogP contribution < -0.4 is 15.5 Å². The minimum atomic E-state index is -4.31. The monoisotopic (exact) mass is 431 g/mol. The van der Waals surface area contributed by atoms with Gasteiger partial charge in [0.25, 0.3) is 0 Å². The number of nitrogens with one attached hydrogen (secondary N) is 2. The van der Waals surface area contributed by atoms with Gasteiger partial charge in [0.1, 0.15) is 12.3 Å². The van der Waals surface area contributed by atoms with Crippen molar-refractivity contribution in [2.24, 2.45) is 0 Å². The molecular formula is C19H28F3N5O3. The van der Waals surface area contributed by atoms with Crippen molar-refractivity contribution in [3.05, 3.63) is 30.5 Å². The van der Waals surface area contributed by atoms with Gasteiger partial charge in [0, 0.05) is 37.9 Å². The van der Waals surface area contributed by atoms with Gasteiger partial charge >= 0.3 is 6.18 Å². The van der Waals surface area contributed by atoms with E-state index in [9.17, 15) is 13.2 Å². The van der Waals surface area contributed by atoms with Crippen molar-refractivity contribution >= 4 is 0 Å². The van der Waals surface area contributed by atoms with E-state index in [1.54, 1.807) is 18.6 Å². The highest BCUT2D eigenvalue weighted by molar-refractivity contribution is 5.57. The van der Waals surface area contributed by atoms with E-state index in [1.807, 2.05) is 13.0 Å². The summed E-state index contributed by atoms with van der Waals surface area (Å²) in [6, 6.07) is 1.93. The van der Waals surface area contributed by atoms with E-state index in [1.165, 1.54) is 0 Å². The summed E-state index contributed by atoms with van der Waals surface area (Å²) in [5.41, 5.74) is 1.63. The number of nitrogens with zero attached hydrogens (tertiary/aromatic N) is 3. The average Bonchev–Trinajstić information content (AvgIpc) is 3.20. The summed E-state index contributed by atoms with van der Waals surface area (Å²) >= 11 is 0. The highest BCUT2D eigenvalue weighted by Gasteiger charge is 2.34. The lowest BCUT2D eigenvalue weighted by Gasteiger charge is -2.38. The molecular weight excluding hydrogens is 403 g/mol. The number of pyridine rings is 1. The molecule has 1 saturated heterocycles. The molecule has 3 N–H and O–H groups in total. The van der Waals surface area contributed by atoms with E-state index < -0.39 is 12.7 Å². The van der Waals surface area contributed by atoms with Crippen molar-refractivity contribution in [3.8, 4) is 17.1 Å². The lowest BCUT2D eigenvalue weighted by molar-refractivity contribution is -0.140. The minimum absolute atomic E-state index is 0.231. The third-order valence-electron chi connectivity index (χ3n) is 4.52. The van der Waals surface area contributed by atoms with Crippen LogP contribution in [0, 0.1) is 0 Å². The zero-order valence-electron chi connectivity index (χ0n) is 17.3. The Bertz CT molecular complexity index is 777. The van der Waals surface area contributed by atoms with Crippen LogP contribution in [0.5, 0.6) is 5.75 Å². The summed E-state index contributed by atoms with van der Waals surface area (Å²) in [5, 5.41) is 10.8. The van der Waals surface area contributed by atoms with Crippen LogP contribution in [-0.4, -0.2) is 65.6 Å². The topological polar surface area (TPSA) is 95.7 Å². The number of ether oxygens (including phenoxy) is 1. The van der Waals surface area contributed by atoms with Crippen molar-refractivity contribution in [1.82, 2.24) is 25.7 Å². The zero-order chi connectivity index (χ0) is 22.2. The van der Waals surface area contributed by atoms with Gasteiger partial charge in [-0.1, -0.05) is 0 Å². The maximum atomic E-state index is 10.8. The number of piperazine rings is 1. The molecule has 2 aromatic rings. The summed E-state index contributed by atoms with van der Waals surface area (Å²) in [6.45, 7) is 9.50. The van der Waals surface area contributed by atoms with E-state index in [4.69, 9.17) is 14.4 Å². The van der Waals surface area contributed by atoms with E-state index in [0.717, 1.165) is 54.6 Å². The zero-order valence-corrected chi connectivity index (χ0v) is 17.3. The molecule has 0 amide bonds. The molecule has 0 bridgehead atoms. The van der Waals surface area contributed by atoms with Gasteiger partial charge in [0.05, 0.1) is 24.5 Å². The second-order valence-electron chi connectivity index (χ2n) is 7.12. The third kappa shape index (κ3) is 6.94. The first-order valence-electron chi connectivity index (χ1n) is 9.61. The third-order valence-corrected chi connectivity index (χ3v) is 4.52. The number of aromatic nitrogens is 2. The molecule has 8 nitrogen and oxygen atoms in total. The molecule has 0 aromatic carbocycles. The van der Waals surface area contributed by atoms with Crippen LogP contribution in [0.1, 0.15) is 26.7 Å². The Kier molecular flexibility index (Phi) is 8.59. The standard InChI is InChI=1S/C17H24N4O2.C2H4F3NO/c1-4-22-14-9-13(10-19-11-14)15-12-20-16(23-15)17(2,3)21-7-5-18-6-8-21;3-2(4,5)1-6-7/h9-12,18H,4-8H2,1-3H3;6-7H,1H2. The van der Waals surface area contributed by atoms with Gasteiger partial charge < -0.3 is 19.7 Å². The Labute approximate surface area is 173 Å². The smallest absolute Gasteiger partial charge is 0.403 e. The highest BCUT2D eigenvalue weighted by Crippen LogP contribution is 2.31. The van der Waals surface area contributed by atoms with Gasteiger partial charge in [-0.25, -0.2) is 4.98 Å². The molecule has 11 heteroatoms. The average molecular weight is 431 g/mol. The van der Waals surface area contributed by atoms with Crippen LogP contribution in [0.25, 0.3) is 11.3 Å². The summed E-state index contributed by atoms with van der Waals surface area (Å²) in [7, 11) is 0. The van der Waals surface area contributed by atoms with Crippen LogP contribution in [0.3, 0.4) is 0 Å².